The Bertz CT molecular complexity index is 714. The molecule has 2 atom stereocenters. The van der Waals surface area contributed by atoms with Gasteiger partial charge in [-0.05, 0) is 6.92 Å². The van der Waals surface area contributed by atoms with Crippen LogP contribution in [0.25, 0.3) is 0 Å². The zero-order valence-corrected chi connectivity index (χ0v) is 13.6. The summed E-state index contributed by atoms with van der Waals surface area (Å²) in [6.45, 7) is 5.46. The number of carbonyl (C=O) groups excluding carboxylic acids is 1. The lowest BCUT2D eigenvalue weighted by Crippen LogP contribution is -2.40. The number of imidazole rings is 1. The highest BCUT2D eigenvalue weighted by molar-refractivity contribution is 5.92. The van der Waals surface area contributed by atoms with E-state index in [1.165, 1.54) is 0 Å². The third-order valence-electron chi connectivity index (χ3n) is 4.56. The molecule has 0 aromatic carbocycles. The Morgan fingerprint density at radius 3 is 3.21 bits per heavy atom. The Hall–Kier alpha value is -2.19. The second kappa shape index (κ2) is 6.37. The van der Waals surface area contributed by atoms with E-state index in [1.807, 2.05) is 23.8 Å². The summed E-state index contributed by atoms with van der Waals surface area (Å²) in [5.41, 5.74) is 1.33. The number of amides is 1. The second-order valence-electron chi connectivity index (χ2n) is 6.43. The number of hydrogen-bond donors (Lipinski definition) is 2. The van der Waals surface area contributed by atoms with Gasteiger partial charge in [-0.15, -0.1) is 0 Å². The second-order valence-corrected chi connectivity index (χ2v) is 6.43. The maximum absolute atomic E-state index is 12.5. The standard InChI is InChI=1S/C16H21N5O3/c1-10-4-12(24-20-10)5-11-8-23-9-14(11)19-16(22)13-7-21-3-2-17-6-15(21)18-13/h4,7,11,14,17H,2-3,5-6,8-9H2,1H3,(H,19,22)/t11-,14+/m1/s1. The van der Waals surface area contributed by atoms with Crippen molar-refractivity contribution < 1.29 is 14.1 Å². The number of ether oxygens (including phenoxy) is 1. The number of rotatable bonds is 4. The SMILES string of the molecule is Cc1cc(C[C@@H]2COC[C@@H]2NC(=O)c2cn3c(n2)CNCC3)on1. The number of carbonyl (C=O) groups is 1. The van der Waals surface area contributed by atoms with Crippen LogP contribution in [0, 0.1) is 12.8 Å². The molecule has 128 valence electrons. The van der Waals surface area contributed by atoms with E-state index in [1.54, 1.807) is 0 Å². The molecule has 1 saturated heterocycles. The van der Waals surface area contributed by atoms with E-state index < -0.39 is 0 Å². The predicted octanol–water partition coefficient (Wildman–Crippen LogP) is 0.270. The fourth-order valence-electron chi connectivity index (χ4n) is 3.27. The van der Waals surface area contributed by atoms with Crippen LogP contribution in [0.4, 0.5) is 0 Å². The summed E-state index contributed by atoms with van der Waals surface area (Å²) in [6.07, 6.45) is 2.53. The largest absolute Gasteiger partial charge is 0.379 e. The maximum Gasteiger partial charge on any atom is 0.271 e. The van der Waals surface area contributed by atoms with Crippen LogP contribution < -0.4 is 10.6 Å². The molecule has 4 rings (SSSR count). The van der Waals surface area contributed by atoms with Crippen molar-refractivity contribution in [2.75, 3.05) is 19.8 Å². The monoisotopic (exact) mass is 331 g/mol. The molecule has 2 aliphatic heterocycles. The Morgan fingerprint density at radius 1 is 1.50 bits per heavy atom. The maximum atomic E-state index is 12.5. The van der Waals surface area contributed by atoms with Crippen molar-refractivity contribution in [3.05, 3.63) is 35.2 Å². The van der Waals surface area contributed by atoms with Gasteiger partial charge in [0.1, 0.15) is 17.3 Å². The van der Waals surface area contributed by atoms with Gasteiger partial charge in [-0.3, -0.25) is 4.79 Å². The number of aromatic nitrogens is 3. The molecule has 1 amide bonds. The Balaban J connectivity index is 1.41. The summed E-state index contributed by atoms with van der Waals surface area (Å²) in [5.74, 6) is 1.76. The molecule has 2 aliphatic rings. The van der Waals surface area contributed by atoms with Gasteiger partial charge in [0.2, 0.25) is 0 Å². The van der Waals surface area contributed by atoms with E-state index in [4.69, 9.17) is 9.26 Å². The molecule has 0 bridgehead atoms. The quantitative estimate of drug-likeness (QED) is 0.835. The lowest BCUT2D eigenvalue weighted by molar-refractivity contribution is 0.0919. The lowest BCUT2D eigenvalue weighted by atomic mass is 9.98. The Morgan fingerprint density at radius 2 is 2.42 bits per heavy atom. The molecule has 0 saturated carbocycles. The van der Waals surface area contributed by atoms with Crippen molar-refractivity contribution in [1.29, 1.82) is 0 Å². The molecule has 24 heavy (non-hydrogen) atoms. The summed E-state index contributed by atoms with van der Waals surface area (Å²) >= 11 is 0. The molecule has 0 aliphatic carbocycles. The molecule has 8 heteroatoms. The Kier molecular flexibility index (Phi) is 4.07. The van der Waals surface area contributed by atoms with Gasteiger partial charge in [0.15, 0.2) is 0 Å². The van der Waals surface area contributed by atoms with E-state index in [-0.39, 0.29) is 17.9 Å². The van der Waals surface area contributed by atoms with Crippen LogP contribution in [0.2, 0.25) is 0 Å². The molecule has 4 heterocycles. The molecule has 2 aromatic rings. The van der Waals surface area contributed by atoms with Crippen molar-refractivity contribution in [3.8, 4) is 0 Å². The number of nitrogens with one attached hydrogen (secondary N) is 2. The minimum absolute atomic E-state index is 0.0419. The van der Waals surface area contributed by atoms with Gasteiger partial charge >= 0.3 is 0 Å². The minimum Gasteiger partial charge on any atom is -0.379 e. The molecule has 0 radical (unpaired) electrons. The topological polar surface area (TPSA) is 94.2 Å². The molecule has 8 nitrogen and oxygen atoms in total. The number of fused-ring (bicyclic) bond motifs is 1. The summed E-state index contributed by atoms with van der Waals surface area (Å²) in [4.78, 5) is 16.9. The van der Waals surface area contributed by atoms with Gasteiger partial charge in [0.25, 0.3) is 5.91 Å². The first kappa shape index (κ1) is 15.3. The van der Waals surface area contributed by atoms with Crippen LogP contribution >= 0.6 is 0 Å². The smallest absolute Gasteiger partial charge is 0.271 e. The zero-order chi connectivity index (χ0) is 16.5. The van der Waals surface area contributed by atoms with Gasteiger partial charge < -0.3 is 24.5 Å². The van der Waals surface area contributed by atoms with Crippen molar-refractivity contribution in [2.24, 2.45) is 5.92 Å². The molecule has 2 aromatic heterocycles. The average Bonchev–Trinajstić information content (AvgIpc) is 3.28. The van der Waals surface area contributed by atoms with Gasteiger partial charge in [-0.25, -0.2) is 4.98 Å². The third kappa shape index (κ3) is 3.07. The van der Waals surface area contributed by atoms with E-state index in [0.29, 0.717) is 31.9 Å². The van der Waals surface area contributed by atoms with Crippen LogP contribution in [-0.2, 0) is 24.2 Å². The van der Waals surface area contributed by atoms with Crippen molar-refractivity contribution >= 4 is 5.91 Å². The molecule has 0 unspecified atom stereocenters. The lowest BCUT2D eigenvalue weighted by Gasteiger charge is -2.17. The minimum atomic E-state index is -0.147. The van der Waals surface area contributed by atoms with Crippen LogP contribution in [-0.4, -0.2) is 46.4 Å². The number of hydrogen-bond acceptors (Lipinski definition) is 6. The van der Waals surface area contributed by atoms with Crippen molar-refractivity contribution in [3.63, 3.8) is 0 Å². The van der Waals surface area contributed by atoms with Crippen LogP contribution in [0.15, 0.2) is 16.8 Å². The first-order valence-corrected chi connectivity index (χ1v) is 8.26. The van der Waals surface area contributed by atoms with E-state index in [9.17, 15) is 4.79 Å². The van der Waals surface area contributed by atoms with Crippen LogP contribution in [0.5, 0.6) is 0 Å². The van der Waals surface area contributed by atoms with Crippen molar-refractivity contribution in [1.82, 2.24) is 25.3 Å². The molecule has 1 fully saturated rings. The van der Waals surface area contributed by atoms with E-state index >= 15 is 0 Å². The van der Waals surface area contributed by atoms with Crippen LogP contribution in [0.3, 0.4) is 0 Å². The summed E-state index contributed by atoms with van der Waals surface area (Å²) in [5, 5.41) is 10.2. The predicted molar refractivity (Wildman–Crippen MR) is 84.4 cm³/mol. The normalized spacial score (nSPS) is 23.2. The molecular weight excluding hydrogens is 310 g/mol. The number of nitrogens with zero attached hydrogens (tertiary/aromatic N) is 3. The Labute approximate surface area is 139 Å². The summed E-state index contributed by atoms with van der Waals surface area (Å²) < 4.78 is 12.9. The first-order chi connectivity index (χ1) is 11.7. The van der Waals surface area contributed by atoms with Gasteiger partial charge in [0, 0.05) is 37.7 Å². The van der Waals surface area contributed by atoms with Gasteiger partial charge in [0.05, 0.1) is 31.5 Å². The highest BCUT2D eigenvalue weighted by Gasteiger charge is 2.31. The van der Waals surface area contributed by atoms with Crippen molar-refractivity contribution in [2.45, 2.75) is 32.5 Å². The number of aryl methyl sites for hydroxylation is 1. The zero-order valence-electron chi connectivity index (χ0n) is 13.6. The summed E-state index contributed by atoms with van der Waals surface area (Å²) in [6, 6.07) is 1.88. The highest BCUT2D eigenvalue weighted by Crippen LogP contribution is 2.20. The molecular formula is C16H21N5O3. The molecule has 0 spiro atoms. The van der Waals surface area contributed by atoms with E-state index in [0.717, 1.165) is 30.4 Å². The first-order valence-electron chi connectivity index (χ1n) is 8.26. The third-order valence-corrected chi connectivity index (χ3v) is 4.56. The fraction of sp³-hybridized carbons (Fsp3) is 0.562. The van der Waals surface area contributed by atoms with Crippen LogP contribution in [0.1, 0.15) is 27.8 Å². The average molecular weight is 331 g/mol. The summed E-state index contributed by atoms with van der Waals surface area (Å²) in [7, 11) is 0. The fourth-order valence-corrected chi connectivity index (χ4v) is 3.27. The molecule has 2 N–H and O–H groups in total. The van der Waals surface area contributed by atoms with E-state index in [2.05, 4.69) is 20.8 Å². The van der Waals surface area contributed by atoms with Gasteiger partial charge in [-0.1, -0.05) is 5.16 Å². The van der Waals surface area contributed by atoms with Gasteiger partial charge in [-0.2, -0.15) is 0 Å². The highest BCUT2D eigenvalue weighted by atomic mass is 16.5.